The Labute approximate surface area is 320 Å². The Morgan fingerprint density at radius 3 is 2.22 bits per heavy atom. The summed E-state index contributed by atoms with van der Waals surface area (Å²) in [5, 5.41) is 34.7. The molecular formula is C41H49N9O5. The zero-order chi connectivity index (χ0) is 38.5. The van der Waals surface area contributed by atoms with Crippen LogP contribution < -0.4 is 21.3 Å². The number of piperidine rings is 1. The van der Waals surface area contributed by atoms with E-state index in [4.69, 9.17) is 5.11 Å². The molecule has 288 valence electrons. The second-order valence-electron chi connectivity index (χ2n) is 15.4. The number of carboxylic acid groups (broad SMARTS) is 1. The zero-order valence-corrected chi connectivity index (χ0v) is 31.3. The average molecular weight is 748 g/mol. The van der Waals surface area contributed by atoms with Gasteiger partial charge in [-0.15, -0.1) is 10.2 Å². The molecule has 3 aromatic carbocycles. The van der Waals surface area contributed by atoms with E-state index in [-0.39, 0.29) is 42.0 Å². The van der Waals surface area contributed by atoms with Gasteiger partial charge in [-0.3, -0.25) is 14.4 Å². The lowest BCUT2D eigenvalue weighted by Crippen LogP contribution is -2.48. The van der Waals surface area contributed by atoms with Gasteiger partial charge in [0.05, 0.1) is 0 Å². The van der Waals surface area contributed by atoms with Crippen molar-refractivity contribution >= 4 is 29.5 Å². The molecule has 0 radical (unpaired) electrons. The summed E-state index contributed by atoms with van der Waals surface area (Å²) in [4.78, 5) is 54.0. The number of rotatable bonds is 12. The van der Waals surface area contributed by atoms with Gasteiger partial charge in [-0.1, -0.05) is 30.3 Å². The fourth-order valence-corrected chi connectivity index (χ4v) is 8.56. The number of tetrazole rings is 1. The maximum absolute atomic E-state index is 13.8. The molecule has 2 aliphatic heterocycles. The number of aryl methyl sites for hydroxylation is 1. The lowest BCUT2D eigenvalue weighted by Gasteiger charge is -2.36. The molecule has 3 heterocycles. The Balaban J connectivity index is 1.01. The van der Waals surface area contributed by atoms with Crippen LogP contribution in [0.2, 0.25) is 0 Å². The third-order valence-electron chi connectivity index (χ3n) is 11.8. The van der Waals surface area contributed by atoms with Crippen molar-refractivity contribution in [1.82, 2.24) is 41.5 Å². The number of carbonyl (C=O) groups excluding carboxylic acids is 3. The van der Waals surface area contributed by atoms with Crippen LogP contribution in [0.5, 0.6) is 0 Å². The molecular weight excluding hydrogens is 699 g/mol. The van der Waals surface area contributed by atoms with Crippen LogP contribution in [0.1, 0.15) is 72.9 Å². The number of carbonyl (C=O) groups is 4. The van der Waals surface area contributed by atoms with Gasteiger partial charge in [0, 0.05) is 53.8 Å². The van der Waals surface area contributed by atoms with E-state index in [2.05, 4.69) is 53.8 Å². The van der Waals surface area contributed by atoms with Gasteiger partial charge in [0.1, 0.15) is 6.04 Å². The summed E-state index contributed by atoms with van der Waals surface area (Å²) in [5.41, 5.74) is 5.82. The minimum atomic E-state index is -1.05. The number of aromatic amines is 1. The van der Waals surface area contributed by atoms with Crippen LogP contribution in [0.3, 0.4) is 0 Å². The minimum absolute atomic E-state index is 0.0310. The Kier molecular flexibility index (Phi) is 11.5. The van der Waals surface area contributed by atoms with E-state index >= 15 is 0 Å². The highest BCUT2D eigenvalue weighted by atomic mass is 16.4. The van der Waals surface area contributed by atoms with Gasteiger partial charge in [0.25, 0.3) is 5.91 Å². The third-order valence-corrected chi connectivity index (χ3v) is 11.8. The molecule has 4 aromatic rings. The van der Waals surface area contributed by atoms with E-state index < -0.39 is 12.1 Å². The summed E-state index contributed by atoms with van der Waals surface area (Å²) in [7, 11) is 2.20. The number of benzene rings is 3. The Morgan fingerprint density at radius 1 is 0.891 bits per heavy atom. The van der Waals surface area contributed by atoms with Crippen molar-refractivity contribution < 1.29 is 24.3 Å². The Morgan fingerprint density at radius 2 is 1.58 bits per heavy atom. The van der Waals surface area contributed by atoms with Crippen LogP contribution in [-0.4, -0.2) is 92.2 Å². The first kappa shape index (κ1) is 37.7. The van der Waals surface area contributed by atoms with Crippen molar-refractivity contribution in [3.63, 3.8) is 0 Å². The monoisotopic (exact) mass is 747 g/mol. The molecule has 1 aromatic heterocycles. The van der Waals surface area contributed by atoms with Gasteiger partial charge >= 0.3 is 6.09 Å². The predicted octanol–water partition coefficient (Wildman–Crippen LogP) is 4.94. The van der Waals surface area contributed by atoms with Crippen LogP contribution in [0, 0.1) is 18.8 Å². The highest BCUT2D eigenvalue weighted by molar-refractivity contribution is 5.98. The normalized spacial score (nSPS) is 22.7. The quantitative estimate of drug-likeness (QED) is 0.116. The van der Waals surface area contributed by atoms with Gasteiger partial charge in [-0.2, -0.15) is 5.21 Å². The number of H-pyrrole nitrogens is 1. The molecule has 4 amide bonds. The van der Waals surface area contributed by atoms with Crippen LogP contribution in [0.4, 0.5) is 10.5 Å². The summed E-state index contributed by atoms with van der Waals surface area (Å²) in [5.74, 6) is -0.203. The standard InChI is InChI=1S/C41H49N9O5/c1-24-19-30(39(52)44-32-21-33-16-17-34(22-32)50(33)2)13-18-35(24)27-7-3-25(4-8-27)20-36(45-38(51)29-9-5-26(6-10-29)23-42-41(54)55)40(53)43-31-14-11-28(12-15-31)37-46-48-49-47-37/h3-4,7-8,11-15,18-19,26,29,32-34,36,42H,5-6,9-10,16-17,20-23H2,1-2H3,(H,43,53)(H,44,52)(H,45,51)(H,54,55)(H,46,47,48,49)/t26?,29?,33-,34-,36+/m1/s1. The Bertz CT molecular complexity index is 1960. The van der Waals surface area contributed by atoms with Crippen molar-refractivity contribution in [1.29, 1.82) is 0 Å². The maximum Gasteiger partial charge on any atom is 0.404 e. The number of hydrogen-bond acceptors (Lipinski definition) is 8. The van der Waals surface area contributed by atoms with E-state index in [1.807, 2.05) is 49.4 Å². The molecule has 55 heavy (non-hydrogen) atoms. The largest absolute Gasteiger partial charge is 0.465 e. The molecule has 0 spiro atoms. The molecule has 3 atom stereocenters. The fraction of sp³-hybridized carbons (Fsp3) is 0.439. The molecule has 3 aliphatic rings. The molecule has 14 heteroatoms. The van der Waals surface area contributed by atoms with Crippen molar-refractivity contribution in [2.45, 2.75) is 88.9 Å². The molecule has 2 saturated heterocycles. The van der Waals surface area contributed by atoms with Gasteiger partial charge in [0.15, 0.2) is 0 Å². The third kappa shape index (κ3) is 9.19. The predicted molar refractivity (Wildman–Crippen MR) is 207 cm³/mol. The lowest BCUT2D eigenvalue weighted by molar-refractivity contribution is -0.130. The number of fused-ring (bicyclic) bond motifs is 2. The van der Waals surface area contributed by atoms with Crippen LogP contribution in [-0.2, 0) is 16.0 Å². The number of amides is 4. The van der Waals surface area contributed by atoms with Crippen molar-refractivity contribution in [3.8, 4) is 22.5 Å². The molecule has 1 saturated carbocycles. The molecule has 14 nitrogen and oxygen atoms in total. The first-order valence-corrected chi connectivity index (χ1v) is 19.2. The van der Waals surface area contributed by atoms with Crippen LogP contribution >= 0.6 is 0 Å². The van der Waals surface area contributed by atoms with Gasteiger partial charge in [-0.25, -0.2) is 4.79 Å². The van der Waals surface area contributed by atoms with Crippen LogP contribution in [0.15, 0.2) is 66.7 Å². The number of anilines is 1. The number of hydrogen-bond donors (Lipinski definition) is 6. The highest BCUT2D eigenvalue weighted by Gasteiger charge is 2.39. The summed E-state index contributed by atoms with van der Waals surface area (Å²) >= 11 is 0. The lowest BCUT2D eigenvalue weighted by atomic mass is 9.81. The minimum Gasteiger partial charge on any atom is -0.465 e. The number of aromatic nitrogens is 4. The van der Waals surface area contributed by atoms with Gasteiger partial charge in [0.2, 0.25) is 17.6 Å². The molecule has 6 N–H and O–H groups in total. The molecule has 1 aliphatic carbocycles. The van der Waals surface area contributed by atoms with Crippen molar-refractivity contribution in [3.05, 3.63) is 83.4 Å². The van der Waals surface area contributed by atoms with Gasteiger partial charge < -0.3 is 31.3 Å². The summed E-state index contributed by atoms with van der Waals surface area (Å²) in [6.45, 7) is 2.38. The van der Waals surface area contributed by atoms with Crippen LogP contribution in [0.25, 0.3) is 22.5 Å². The highest BCUT2D eigenvalue weighted by Crippen LogP contribution is 2.34. The van der Waals surface area contributed by atoms with Crippen molar-refractivity contribution in [2.75, 3.05) is 18.9 Å². The van der Waals surface area contributed by atoms with Gasteiger partial charge in [-0.05, 0) is 135 Å². The maximum atomic E-state index is 13.8. The Hall–Kier alpha value is -5.63. The molecule has 7 rings (SSSR count). The summed E-state index contributed by atoms with van der Waals surface area (Å²) < 4.78 is 0. The van der Waals surface area contributed by atoms with E-state index in [0.29, 0.717) is 48.5 Å². The number of nitrogens with one attached hydrogen (secondary N) is 5. The van der Waals surface area contributed by atoms with E-state index in [0.717, 1.165) is 53.5 Å². The summed E-state index contributed by atoms with van der Waals surface area (Å²) in [6, 6.07) is 21.3. The SMILES string of the molecule is Cc1cc(C(=O)NC2C[C@H]3CC[C@H](C2)N3C)ccc1-c1ccc(C[C@H](NC(=O)C2CCC(CNC(=O)O)CC2)C(=O)Nc2ccc(-c3nn[nH]n3)cc2)cc1. The van der Waals surface area contributed by atoms with Crippen molar-refractivity contribution in [2.24, 2.45) is 11.8 Å². The molecule has 2 bridgehead atoms. The second-order valence-corrected chi connectivity index (χ2v) is 15.4. The van der Waals surface area contributed by atoms with E-state index in [1.165, 1.54) is 12.8 Å². The second kappa shape index (κ2) is 16.8. The molecule has 0 unspecified atom stereocenters. The first-order chi connectivity index (χ1) is 26.6. The smallest absolute Gasteiger partial charge is 0.404 e. The number of nitrogens with zero attached hydrogens (tertiary/aromatic N) is 4. The average Bonchev–Trinajstić information content (AvgIpc) is 3.79. The topological polar surface area (TPSA) is 194 Å². The van der Waals surface area contributed by atoms with E-state index in [1.54, 1.807) is 24.3 Å². The van der Waals surface area contributed by atoms with E-state index in [9.17, 15) is 19.2 Å². The molecule has 3 fully saturated rings. The first-order valence-electron chi connectivity index (χ1n) is 19.2. The zero-order valence-electron chi connectivity index (χ0n) is 31.3. The fourth-order valence-electron chi connectivity index (χ4n) is 8.56. The summed E-state index contributed by atoms with van der Waals surface area (Å²) in [6.07, 6.45) is 6.34.